The zero-order chi connectivity index (χ0) is 18.5. The van der Waals surface area contributed by atoms with Crippen LogP contribution >= 0.6 is 23.4 Å². The van der Waals surface area contributed by atoms with E-state index >= 15 is 0 Å². The van der Waals surface area contributed by atoms with Crippen molar-refractivity contribution < 1.29 is 14.4 Å². The smallest absolute Gasteiger partial charge is 0.289 e. The fraction of sp³-hybridized carbons (Fsp3) is 0.211. The van der Waals surface area contributed by atoms with Crippen molar-refractivity contribution in [3.63, 3.8) is 0 Å². The Morgan fingerprint density at radius 1 is 1.12 bits per heavy atom. The molecule has 0 aromatic heterocycles. The number of thioether (sulfide) groups is 1. The van der Waals surface area contributed by atoms with Crippen LogP contribution in [0.2, 0.25) is 5.02 Å². The molecule has 134 valence electrons. The number of nitrogens with zero attached hydrogens (tertiary/aromatic N) is 1. The van der Waals surface area contributed by atoms with Gasteiger partial charge in [0.2, 0.25) is 5.91 Å². The average molecular weight is 389 g/mol. The quantitative estimate of drug-likeness (QED) is 0.822. The van der Waals surface area contributed by atoms with Crippen LogP contribution in [0.4, 0.5) is 4.79 Å². The molecular weight excluding hydrogens is 372 g/mol. The van der Waals surface area contributed by atoms with Crippen molar-refractivity contribution in [3.8, 4) is 0 Å². The van der Waals surface area contributed by atoms with Crippen LogP contribution in [0.15, 0.2) is 48.5 Å². The highest BCUT2D eigenvalue weighted by Crippen LogP contribution is 2.21. The van der Waals surface area contributed by atoms with E-state index in [4.69, 9.17) is 11.6 Å². The van der Waals surface area contributed by atoms with Crippen molar-refractivity contribution >= 4 is 40.4 Å². The summed E-state index contributed by atoms with van der Waals surface area (Å²) in [6, 6.07) is 14.5. The van der Waals surface area contributed by atoms with Crippen LogP contribution < -0.4 is 5.32 Å². The zero-order valence-electron chi connectivity index (χ0n) is 13.9. The first-order valence-corrected chi connectivity index (χ1v) is 9.48. The van der Waals surface area contributed by atoms with Crippen LogP contribution in [0.5, 0.6) is 0 Å². The minimum atomic E-state index is -0.243. The van der Waals surface area contributed by atoms with Gasteiger partial charge in [0.15, 0.2) is 0 Å². The topological polar surface area (TPSA) is 66.5 Å². The molecule has 1 heterocycles. The Morgan fingerprint density at radius 3 is 2.58 bits per heavy atom. The van der Waals surface area contributed by atoms with Crippen molar-refractivity contribution in [3.05, 3.63) is 70.2 Å². The van der Waals surface area contributed by atoms with Crippen molar-refractivity contribution in [2.45, 2.75) is 13.0 Å². The number of halogens is 1. The number of hydrogen-bond acceptors (Lipinski definition) is 4. The third-order valence-electron chi connectivity index (χ3n) is 3.98. The standard InChI is InChI=1S/C19H17ClN2O3S/c20-16-6-4-13(5-7-16)8-9-21-18(24)15-3-1-2-14(10-15)11-22-17(23)12-26-19(22)25/h1-7,10H,8-9,11-12H2,(H,21,24). The highest BCUT2D eigenvalue weighted by Gasteiger charge is 2.29. The van der Waals surface area contributed by atoms with Gasteiger partial charge in [-0.15, -0.1) is 0 Å². The molecule has 0 bridgehead atoms. The Morgan fingerprint density at radius 2 is 1.88 bits per heavy atom. The Balaban J connectivity index is 1.56. The summed E-state index contributed by atoms with van der Waals surface area (Å²) in [4.78, 5) is 36.9. The summed E-state index contributed by atoms with van der Waals surface area (Å²) in [6.45, 7) is 0.695. The van der Waals surface area contributed by atoms with E-state index in [0.29, 0.717) is 23.6 Å². The van der Waals surface area contributed by atoms with Crippen molar-refractivity contribution in [2.24, 2.45) is 0 Å². The van der Waals surface area contributed by atoms with E-state index in [0.717, 1.165) is 22.9 Å². The average Bonchev–Trinajstić information content (AvgIpc) is 2.95. The van der Waals surface area contributed by atoms with Gasteiger partial charge in [0, 0.05) is 17.1 Å². The lowest BCUT2D eigenvalue weighted by Gasteiger charge is -2.13. The first-order valence-electron chi connectivity index (χ1n) is 8.11. The molecule has 1 aliphatic rings. The van der Waals surface area contributed by atoms with Gasteiger partial charge in [0.25, 0.3) is 11.1 Å². The number of amides is 3. The van der Waals surface area contributed by atoms with Crippen LogP contribution in [0.25, 0.3) is 0 Å². The van der Waals surface area contributed by atoms with Gasteiger partial charge in [-0.2, -0.15) is 0 Å². The molecule has 3 rings (SSSR count). The van der Waals surface area contributed by atoms with Gasteiger partial charge in [-0.05, 0) is 41.8 Å². The molecular formula is C19H17ClN2O3S. The third-order valence-corrected chi connectivity index (χ3v) is 5.09. The Kier molecular flexibility index (Phi) is 5.96. The highest BCUT2D eigenvalue weighted by molar-refractivity contribution is 8.14. The summed E-state index contributed by atoms with van der Waals surface area (Å²) < 4.78 is 0. The molecule has 26 heavy (non-hydrogen) atoms. The summed E-state index contributed by atoms with van der Waals surface area (Å²) in [6.07, 6.45) is 0.705. The second-order valence-electron chi connectivity index (χ2n) is 5.87. The fourth-order valence-electron chi connectivity index (χ4n) is 2.60. The summed E-state index contributed by atoms with van der Waals surface area (Å²) in [5.74, 6) is -0.198. The summed E-state index contributed by atoms with van der Waals surface area (Å²) >= 11 is 6.86. The van der Waals surface area contributed by atoms with Gasteiger partial charge in [-0.1, -0.05) is 47.6 Å². The van der Waals surface area contributed by atoms with E-state index in [1.54, 1.807) is 24.3 Å². The maximum Gasteiger partial charge on any atom is 0.289 e. The predicted octanol–water partition coefficient (Wildman–Crippen LogP) is 3.51. The summed E-state index contributed by atoms with van der Waals surface area (Å²) in [5, 5.41) is 3.32. The van der Waals surface area contributed by atoms with Crippen molar-refractivity contribution in [1.29, 1.82) is 0 Å². The zero-order valence-corrected chi connectivity index (χ0v) is 15.5. The van der Waals surface area contributed by atoms with E-state index < -0.39 is 0 Å². The molecule has 5 nitrogen and oxygen atoms in total. The summed E-state index contributed by atoms with van der Waals surface area (Å²) in [5.41, 5.74) is 2.34. The number of nitrogens with one attached hydrogen (secondary N) is 1. The number of benzene rings is 2. The summed E-state index contributed by atoms with van der Waals surface area (Å²) in [7, 11) is 0. The monoisotopic (exact) mass is 388 g/mol. The van der Waals surface area contributed by atoms with Gasteiger partial charge in [-0.25, -0.2) is 0 Å². The first kappa shape index (κ1) is 18.5. The Bertz CT molecular complexity index is 823. The van der Waals surface area contributed by atoms with Gasteiger partial charge in [0.1, 0.15) is 0 Å². The van der Waals surface area contributed by atoms with E-state index in [1.807, 2.05) is 24.3 Å². The van der Waals surface area contributed by atoms with E-state index in [2.05, 4.69) is 5.32 Å². The molecule has 1 fully saturated rings. The van der Waals surface area contributed by atoms with Gasteiger partial charge in [-0.3, -0.25) is 19.3 Å². The lowest BCUT2D eigenvalue weighted by Crippen LogP contribution is -2.28. The predicted molar refractivity (Wildman–Crippen MR) is 102 cm³/mol. The lowest BCUT2D eigenvalue weighted by molar-refractivity contribution is -0.125. The molecule has 1 aliphatic heterocycles. The molecule has 2 aromatic rings. The van der Waals surface area contributed by atoms with Crippen LogP contribution in [-0.2, 0) is 17.8 Å². The number of rotatable bonds is 6. The van der Waals surface area contributed by atoms with Gasteiger partial charge < -0.3 is 5.32 Å². The fourth-order valence-corrected chi connectivity index (χ4v) is 3.45. The molecule has 3 amide bonds. The molecule has 0 atom stereocenters. The van der Waals surface area contributed by atoms with Crippen LogP contribution in [0, 0.1) is 0 Å². The van der Waals surface area contributed by atoms with Crippen LogP contribution in [0.3, 0.4) is 0 Å². The van der Waals surface area contributed by atoms with Gasteiger partial charge in [0.05, 0.1) is 12.3 Å². The third kappa shape index (κ3) is 4.65. The lowest BCUT2D eigenvalue weighted by atomic mass is 10.1. The minimum absolute atomic E-state index is 0.184. The number of imide groups is 1. The Labute approximate surface area is 160 Å². The van der Waals surface area contributed by atoms with Crippen LogP contribution in [-0.4, -0.2) is 34.3 Å². The second kappa shape index (κ2) is 8.38. The second-order valence-corrected chi connectivity index (χ2v) is 7.23. The maximum absolute atomic E-state index is 12.3. The number of carbonyl (C=O) groups is 3. The molecule has 0 aliphatic carbocycles. The molecule has 0 radical (unpaired) electrons. The van der Waals surface area contributed by atoms with Gasteiger partial charge >= 0.3 is 0 Å². The van der Waals surface area contributed by atoms with E-state index in [1.165, 1.54) is 4.90 Å². The maximum atomic E-state index is 12.3. The van der Waals surface area contributed by atoms with E-state index in [-0.39, 0.29) is 29.4 Å². The Hall–Kier alpha value is -2.31. The van der Waals surface area contributed by atoms with Crippen molar-refractivity contribution in [1.82, 2.24) is 10.2 Å². The SMILES string of the molecule is O=C(NCCc1ccc(Cl)cc1)c1cccc(CN2C(=O)CSC2=O)c1. The molecule has 1 saturated heterocycles. The largest absolute Gasteiger partial charge is 0.352 e. The minimum Gasteiger partial charge on any atom is -0.352 e. The molecule has 1 N–H and O–H groups in total. The molecule has 2 aromatic carbocycles. The van der Waals surface area contributed by atoms with Crippen molar-refractivity contribution in [2.75, 3.05) is 12.3 Å². The number of carbonyl (C=O) groups excluding carboxylic acids is 3. The van der Waals surface area contributed by atoms with Crippen LogP contribution in [0.1, 0.15) is 21.5 Å². The molecule has 0 unspecified atom stereocenters. The highest BCUT2D eigenvalue weighted by atomic mass is 35.5. The normalized spacial score (nSPS) is 14.0. The number of hydrogen-bond donors (Lipinski definition) is 1. The van der Waals surface area contributed by atoms with E-state index in [9.17, 15) is 14.4 Å². The molecule has 0 spiro atoms. The first-order chi connectivity index (χ1) is 12.5. The molecule has 0 saturated carbocycles. The molecule has 7 heteroatoms.